The molecule has 1 aromatic heterocycles. The number of aromatic nitrogens is 3. The predicted molar refractivity (Wildman–Crippen MR) is 103 cm³/mol. The quantitative estimate of drug-likeness (QED) is 0.805. The summed E-state index contributed by atoms with van der Waals surface area (Å²) in [5.74, 6) is 0.183. The molecular formula is C19H24F3N5O2. The Bertz CT molecular complexity index is 956. The summed E-state index contributed by atoms with van der Waals surface area (Å²) in [5, 5.41) is 14.5. The van der Waals surface area contributed by atoms with Gasteiger partial charge in [-0.2, -0.15) is 13.2 Å². The zero-order chi connectivity index (χ0) is 21.4. The van der Waals surface area contributed by atoms with Gasteiger partial charge in [-0.1, -0.05) is 13.8 Å². The van der Waals surface area contributed by atoms with E-state index in [9.17, 15) is 18.0 Å². The number of rotatable bonds is 4. The Kier molecular flexibility index (Phi) is 5.57. The van der Waals surface area contributed by atoms with Crippen LogP contribution < -0.4 is 20.9 Å². The molecule has 0 amide bonds. The molecular weight excluding hydrogens is 387 g/mol. The molecule has 1 atom stereocenters. The van der Waals surface area contributed by atoms with E-state index in [2.05, 4.69) is 34.7 Å². The topological polar surface area (TPSA) is 81.1 Å². The summed E-state index contributed by atoms with van der Waals surface area (Å²) in [6.45, 7) is 5.86. The van der Waals surface area contributed by atoms with Gasteiger partial charge in [0.25, 0.3) is 5.56 Å². The molecule has 0 radical (unpaired) electrons. The number of nitrogens with one attached hydrogen (secondary N) is 2. The van der Waals surface area contributed by atoms with Crippen LogP contribution in [0.1, 0.15) is 25.8 Å². The summed E-state index contributed by atoms with van der Waals surface area (Å²) in [6.07, 6.45) is -3.64. The summed E-state index contributed by atoms with van der Waals surface area (Å²) >= 11 is 0. The number of halogens is 3. The van der Waals surface area contributed by atoms with Crippen LogP contribution >= 0.6 is 0 Å². The van der Waals surface area contributed by atoms with Crippen molar-refractivity contribution in [1.29, 1.82) is 0 Å². The predicted octanol–water partition coefficient (Wildman–Crippen LogP) is 2.67. The first-order valence-corrected chi connectivity index (χ1v) is 9.18. The molecule has 10 heteroatoms. The molecule has 1 saturated heterocycles. The molecule has 0 bridgehead atoms. The molecule has 0 spiro atoms. The fourth-order valence-corrected chi connectivity index (χ4v) is 3.53. The summed E-state index contributed by atoms with van der Waals surface area (Å²) in [4.78, 5) is 12.8. The van der Waals surface area contributed by atoms with Crippen LogP contribution in [-0.4, -0.2) is 41.0 Å². The average molecular weight is 411 g/mol. The van der Waals surface area contributed by atoms with Crippen LogP contribution in [0.25, 0.3) is 11.4 Å². The third kappa shape index (κ3) is 4.52. The first kappa shape index (κ1) is 21.1. The summed E-state index contributed by atoms with van der Waals surface area (Å²) < 4.78 is 45.2. The lowest BCUT2D eigenvalue weighted by Crippen LogP contribution is -2.48. The van der Waals surface area contributed by atoms with E-state index in [4.69, 9.17) is 4.74 Å². The fraction of sp³-hybridized carbons (Fsp3) is 0.526. The number of alkyl halides is 3. The van der Waals surface area contributed by atoms with Crippen molar-refractivity contribution in [1.82, 2.24) is 20.1 Å². The highest BCUT2D eigenvalue weighted by Crippen LogP contribution is 2.36. The lowest BCUT2D eigenvalue weighted by atomic mass is 9.83. The van der Waals surface area contributed by atoms with Crippen molar-refractivity contribution in [3.8, 4) is 17.1 Å². The largest absolute Gasteiger partial charge is 0.496 e. The lowest BCUT2D eigenvalue weighted by molar-refractivity contribution is -0.137. The molecule has 1 unspecified atom stereocenters. The molecule has 7 nitrogen and oxygen atoms in total. The van der Waals surface area contributed by atoms with Gasteiger partial charge in [0.15, 0.2) is 5.82 Å². The molecule has 1 aromatic carbocycles. The maximum absolute atomic E-state index is 13.0. The fourth-order valence-electron chi connectivity index (χ4n) is 3.53. The van der Waals surface area contributed by atoms with Crippen LogP contribution in [-0.2, 0) is 13.2 Å². The first-order chi connectivity index (χ1) is 13.5. The van der Waals surface area contributed by atoms with Crippen molar-refractivity contribution in [3.05, 3.63) is 34.1 Å². The van der Waals surface area contributed by atoms with Crippen LogP contribution in [0.15, 0.2) is 23.0 Å². The molecule has 3 rings (SSSR count). The normalized spacial score (nSPS) is 19.1. The van der Waals surface area contributed by atoms with E-state index in [0.717, 1.165) is 25.1 Å². The van der Waals surface area contributed by atoms with E-state index in [1.54, 1.807) is 0 Å². The first-order valence-electron chi connectivity index (χ1n) is 9.18. The molecule has 2 aromatic rings. The Morgan fingerprint density at radius 2 is 2.03 bits per heavy atom. The maximum Gasteiger partial charge on any atom is 0.416 e. The Morgan fingerprint density at radius 1 is 1.31 bits per heavy atom. The third-order valence-corrected chi connectivity index (χ3v) is 4.97. The van der Waals surface area contributed by atoms with Gasteiger partial charge in [-0.3, -0.25) is 9.36 Å². The number of anilines is 1. The molecule has 158 valence electrons. The number of nitrogens with zero attached hydrogens (tertiary/aromatic N) is 3. The standard InChI is InChI=1S/C19H24F3N5O2/c1-18(2)8-12(9-23-10-18)24-15-17(28)27(3)16(26-25-15)13-6-5-11(19(20,21)22)7-14(13)29-4/h5-7,12,23H,8-10H2,1-4H3,(H,24,25). The molecule has 1 aliphatic rings. The SMILES string of the molecule is COc1cc(C(F)(F)F)ccc1-c1nnc(NC2CNCC(C)(C)C2)c(=O)n1C. The van der Waals surface area contributed by atoms with Gasteiger partial charge >= 0.3 is 6.18 Å². The number of ether oxygens (including phenoxy) is 1. The van der Waals surface area contributed by atoms with Gasteiger partial charge < -0.3 is 15.4 Å². The van der Waals surface area contributed by atoms with E-state index < -0.39 is 17.3 Å². The van der Waals surface area contributed by atoms with E-state index >= 15 is 0 Å². The van der Waals surface area contributed by atoms with Gasteiger partial charge in [-0.05, 0) is 30.0 Å². The Labute approximate surface area is 166 Å². The molecule has 0 aliphatic carbocycles. The second-order valence-corrected chi connectivity index (χ2v) is 7.99. The number of piperidine rings is 1. The van der Waals surface area contributed by atoms with E-state index in [1.165, 1.54) is 24.8 Å². The number of hydrogen-bond donors (Lipinski definition) is 2. The number of benzene rings is 1. The van der Waals surface area contributed by atoms with E-state index in [-0.39, 0.29) is 34.4 Å². The van der Waals surface area contributed by atoms with Gasteiger partial charge in [-0.25, -0.2) is 0 Å². The Hall–Kier alpha value is -2.62. The van der Waals surface area contributed by atoms with Gasteiger partial charge in [-0.15, -0.1) is 10.2 Å². The minimum absolute atomic E-state index is 0.0206. The maximum atomic E-state index is 13.0. The van der Waals surface area contributed by atoms with Gasteiger partial charge in [0.05, 0.1) is 18.2 Å². The van der Waals surface area contributed by atoms with Gasteiger partial charge in [0.2, 0.25) is 5.82 Å². The number of methoxy groups -OCH3 is 1. The smallest absolute Gasteiger partial charge is 0.416 e. The summed E-state index contributed by atoms with van der Waals surface area (Å²) in [6, 6.07) is 3.05. The molecule has 2 N–H and O–H groups in total. The Balaban J connectivity index is 1.93. The molecule has 1 aliphatic heterocycles. The highest BCUT2D eigenvalue weighted by molar-refractivity contribution is 5.65. The second-order valence-electron chi connectivity index (χ2n) is 7.99. The lowest BCUT2D eigenvalue weighted by Gasteiger charge is -2.36. The average Bonchev–Trinajstić information content (AvgIpc) is 2.64. The highest BCUT2D eigenvalue weighted by Gasteiger charge is 2.32. The highest BCUT2D eigenvalue weighted by atomic mass is 19.4. The van der Waals surface area contributed by atoms with Crippen LogP contribution in [0.4, 0.5) is 19.0 Å². The van der Waals surface area contributed by atoms with Crippen LogP contribution in [0.3, 0.4) is 0 Å². The van der Waals surface area contributed by atoms with Crippen molar-refractivity contribution in [2.24, 2.45) is 12.5 Å². The zero-order valence-corrected chi connectivity index (χ0v) is 16.7. The van der Waals surface area contributed by atoms with Crippen LogP contribution in [0, 0.1) is 5.41 Å². The van der Waals surface area contributed by atoms with Gasteiger partial charge in [0, 0.05) is 26.2 Å². The van der Waals surface area contributed by atoms with Crippen molar-refractivity contribution in [2.75, 3.05) is 25.5 Å². The summed E-state index contributed by atoms with van der Waals surface area (Å²) in [7, 11) is 2.76. The molecule has 29 heavy (non-hydrogen) atoms. The minimum Gasteiger partial charge on any atom is -0.496 e. The van der Waals surface area contributed by atoms with Gasteiger partial charge in [0.1, 0.15) is 5.75 Å². The molecule has 2 heterocycles. The molecule has 0 saturated carbocycles. The monoisotopic (exact) mass is 411 g/mol. The second kappa shape index (κ2) is 7.66. The van der Waals surface area contributed by atoms with Crippen LogP contribution in [0.5, 0.6) is 5.75 Å². The van der Waals surface area contributed by atoms with Crippen LogP contribution in [0.2, 0.25) is 0 Å². The van der Waals surface area contributed by atoms with Crippen molar-refractivity contribution < 1.29 is 17.9 Å². The van der Waals surface area contributed by atoms with E-state index in [1.807, 2.05) is 0 Å². The summed E-state index contributed by atoms with van der Waals surface area (Å²) in [5.41, 5.74) is -0.927. The Morgan fingerprint density at radius 3 is 2.66 bits per heavy atom. The van der Waals surface area contributed by atoms with E-state index in [0.29, 0.717) is 6.54 Å². The van der Waals surface area contributed by atoms with Crippen molar-refractivity contribution >= 4 is 5.82 Å². The number of hydrogen-bond acceptors (Lipinski definition) is 6. The van der Waals surface area contributed by atoms with Crippen molar-refractivity contribution in [2.45, 2.75) is 32.5 Å². The third-order valence-electron chi connectivity index (χ3n) is 4.97. The van der Waals surface area contributed by atoms with Crippen molar-refractivity contribution in [3.63, 3.8) is 0 Å². The minimum atomic E-state index is -4.50. The molecule has 1 fully saturated rings. The zero-order valence-electron chi connectivity index (χ0n) is 16.7.